The van der Waals surface area contributed by atoms with Crippen LogP contribution in [0.3, 0.4) is 0 Å². The van der Waals surface area contributed by atoms with Gasteiger partial charge in [-0.05, 0) is 52.7 Å². The van der Waals surface area contributed by atoms with E-state index in [4.69, 9.17) is 16.6 Å². The molecule has 0 bridgehead atoms. The van der Waals surface area contributed by atoms with Gasteiger partial charge in [-0.15, -0.1) is 0 Å². The van der Waals surface area contributed by atoms with Gasteiger partial charge in [0.15, 0.2) is 0 Å². The zero-order valence-corrected chi connectivity index (χ0v) is 12.6. The van der Waals surface area contributed by atoms with Crippen molar-refractivity contribution in [3.05, 3.63) is 56.8 Å². The van der Waals surface area contributed by atoms with Crippen molar-refractivity contribution in [3.63, 3.8) is 0 Å². The van der Waals surface area contributed by atoms with E-state index in [1.165, 1.54) is 22.5 Å². The van der Waals surface area contributed by atoms with Gasteiger partial charge in [0, 0.05) is 27.2 Å². The summed E-state index contributed by atoms with van der Waals surface area (Å²) < 4.78 is 3.34. The summed E-state index contributed by atoms with van der Waals surface area (Å²) >= 11 is 9.66. The van der Waals surface area contributed by atoms with E-state index in [-0.39, 0.29) is 0 Å². The standard InChI is InChI=1S/C15H10BrClN2/c1-8-12(16)4-5-14-18-15-11-3-2-10(17)6-9(11)7-13(15)19(8)14/h2-6H,7H2,1H3. The second kappa shape index (κ2) is 3.84. The number of hydrogen-bond acceptors (Lipinski definition) is 1. The minimum absolute atomic E-state index is 0.788. The van der Waals surface area contributed by atoms with Gasteiger partial charge in [0.25, 0.3) is 0 Å². The van der Waals surface area contributed by atoms with Crippen LogP contribution >= 0.6 is 27.5 Å². The maximum absolute atomic E-state index is 6.07. The van der Waals surface area contributed by atoms with Crippen LogP contribution in [0.2, 0.25) is 5.02 Å². The topological polar surface area (TPSA) is 17.3 Å². The van der Waals surface area contributed by atoms with E-state index in [1.807, 2.05) is 18.2 Å². The molecule has 1 aliphatic rings. The monoisotopic (exact) mass is 332 g/mol. The highest BCUT2D eigenvalue weighted by molar-refractivity contribution is 9.10. The van der Waals surface area contributed by atoms with Gasteiger partial charge >= 0.3 is 0 Å². The summed E-state index contributed by atoms with van der Waals surface area (Å²) in [5.41, 5.74) is 7.01. The lowest BCUT2D eigenvalue weighted by Gasteiger charge is -2.05. The number of aryl methyl sites for hydroxylation is 1. The van der Waals surface area contributed by atoms with E-state index in [2.05, 4.69) is 39.4 Å². The highest BCUT2D eigenvalue weighted by Crippen LogP contribution is 2.38. The quantitative estimate of drug-likeness (QED) is 0.458. The molecule has 0 amide bonds. The Morgan fingerprint density at radius 1 is 1.26 bits per heavy atom. The van der Waals surface area contributed by atoms with Gasteiger partial charge in [-0.25, -0.2) is 4.98 Å². The summed E-state index contributed by atoms with van der Waals surface area (Å²) in [4.78, 5) is 4.77. The molecule has 0 saturated carbocycles. The second-order valence-corrected chi connectivity index (χ2v) is 6.14. The normalized spacial score (nSPS) is 12.8. The maximum atomic E-state index is 6.07. The molecule has 0 aliphatic heterocycles. The molecule has 19 heavy (non-hydrogen) atoms. The van der Waals surface area contributed by atoms with Crippen molar-refractivity contribution in [1.29, 1.82) is 0 Å². The molecule has 2 aromatic heterocycles. The summed E-state index contributed by atoms with van der Waals surface area (Å²) in [6.45, 7) is 2.11. The van der Waals surface area contributed by atoms with Gasteiger partial charge in [0.2, 0.25) is 0 Å². The van der Waals surface area contributed by atoms with Crippen LogP contribution in [0.25, 0.3) is 16.9 Å². The minimum atomic E-state index is 0.788. The Kier molecular flexibility index (Phi) is 2.32. The Balaban J connectivity index is 2.08. The van der Waals surface area contributed by atoms with Crippen LogP contribution in [0.4, 0.5) is 0 Å². The molecule has 4 heteroatoms. The van der Waals surface area contributed by atoms with Gasteiger partial charge in [-0.2, -0.15) is 0 Å². The lowest BCUT2D eigenvalue weighted by atomic mass is 10.1. The molecule has 4 rings (SSSR count). The first-order chi connectivity index (χ1) is 9.15. The van der Waals surface area contributed by atoms with Gasteiger partial charge in [0.1, 0.15) is 5.65 Å². The first-order valence-corrected chi connectivity index (χ1v) is 7.27. The molecule has 0 unspecified atom stereocenters. The molecule has 0 spiro atoms. The number of aromatic nitrogens is 2. The SMILES string of the molecule is Cc1c(Br)ccc2nc3c(n12)Cc1cc(Cl)ccc1-3. The summed E-state index contributed by atoms with van der Waals surface area (Å²) in [5.74, 6) is 0. The van der Waals surface area contributed by atoms with Crippen LogP contribution in [-0.2, 0) is 6.42 Å². The number of hydrogen-bond donors (Lipinski definition) is 0. The molecular formula is C15H10BrClN2. The second-order valence-electron chi connectivity index (χ2n) is 4.85. The first-order valence-electron chi connectivity index (χ1n) is 6.10. The van der Waals surface area contributed by atoms with E-state index in [1.54, 1.807) is 0 Å². The zero-order valence-electron chi connectivity index (χ0n) is 10.2. The fraction of sp³-hybridized carbons (Fsp3) is 0.133. The van der Waals surface area contributed by atoms with Crippen LogP contribution in [-0.4, -0.2) is 9.38 Å². The van der Waals surface area contributed by atoms with Crippen molar-refractivity contribution in [3.8, 4) is 11.3 Å². The maximum Gasteiger partial charge on any atom is 0.137 e. The highest BCUT2D eigenvalue weighted by atomic mass is 79.9. The number of fused-ring (bicyclic) bond motifs is 5. The molecule has 2 nitrogen and oxygen atoms in total. The van der Waals surface area contributed by atoms with Crippen molar-refractivity contribution >= 4 is 33.2 Å². The molecular weight excluding hydrogens is 324 g/mol. The molecule has 1 aliphatic carbocycles. The summed E-state index contributed by atoms with van der Waals surface area (Å²) in [6.07, 6.45) is 0.893. The number of nitrogens with zero attached hydrogens (tertiary/aromatic N) is 2. The number of halogens is 2. The van der Waals surface area contributed by atoms with Crippen LogP contribution in [0.5, 0.6) is 0 Å². The van der Waals surface area contributed by atoms with Crippen LogP contribution in [0.1, 0.15) is 17.0 Å². The van der Waals surface area contributed by atoms with E-state index >= 15 is 0 Å². The molecule has 2 heterocycles. The Morgan fingerprint density at radius 3 is 2.95 bits per heavy atom. The predicted octanol–water partition coefficient (Wildman–Crippen LogP) is 4.63. The van der Waals surface area contributed by atoms with E-state index in [9.17, 15) is 0 Å². The zero-order chi connectivity index (χ0) is 13.1. The lowest BCUT2D eigenvalue weighted by molar-refractivity contribution is 0.992. The Morgan fingerprint density at radius 2 is 2.11 bits per heavy atom. The fourth-order valence-corrected chi connectivity index (χ4v) is 3.34. The third-order valence-electron chi connectivity index (χ3n) is 3.74. The van der Waals surface area contributed by atoms with Crippen molar-refractivity contribution < 1.29 is 0 Å². The molecule has 3 aromatic rings. The van der Waals surface area contributed by atoms with Crippen molar-refractivity contribution in [1.82, 2.24) is 9.38 Å². The lowest BCUT2D eigenvalue weighted by Crippen LogP contribution is -1.97. The van der Waals surface area contributed by atoms with Crippen LogP contribution in [0, 0.1) is 6.92 Å². The predicted molar refractivity (Wildman–Crippen MR) is 80.9 cm³/mol. The average Bonchev–Trinajstić information content (AvgIpc) is 2.89. The molecule has 1 aromatic carbocycles. The van der Waals surface area contributed by atoms with Crippen LogP contribution in [0.15, 0.2) is 34.8 Å². The largest absolute Gasteiger partial charge is 0.299 e. The Hall–Kier alpha value is -1.32. The van der Waals surface area contributed by atoms with Gasteiger partial charge < -0.3 is 0 Å². The van der Waals surface area contributed by atoms with Gasteiger partial charge in [0.05, 0.1) is 11.4 Å². The van der Waals surface area contributed by atoms with E-state index in [0.717, 1.165) is 27.3 Å². The average molecular weight is 334 g/mol. The third-order valence-corrected chi connectivity index (χ3v) is 4.81. The van der Waals surface area contributed by atoms with Crippen LogP contribution < -0.4 is 0 Å². The molecule has 0 radical (unpaired) electrons. The fourth-order valence-electron chi connectivity index (χ4n) is 2.83. The summed E-state index contributed by atoms with van der Waals surface area (Å²) in [6, 6.07) is 10.1. The van der Waals surface area contributed by atoms with Gasteiger partial charge in [-0.3, -0.25) is 4.40 Å². The molecule has 0 saturated heterocycles. The molecule has 94 valence electrons. The van der Waals surface area contributed by atoms with Crippen molar-refractivity contribution in [2.24, 2.45) is 0 Å². The van der Waals surface area contributed by atoms with E-state index < -0.39 is 0 Å². The molecule has 0 atom stereocenters. The molecule has 0 N–H and O–H groups in total. The Labute approximate surface area is 124 Å². The number of imidazole rings is 1. The third kappa shape index (κ3) is 1.52. The smallest absolute Gasteiger partial charge is 0.137 e. The molecule has 0 fully saturated rings. The van der Waals surface area contributed by atoms with Crippen molar-refractivity contribution in [2.75, 3.05) is 0 Å². The van der Waals surface area contributed by atoms with Crippen molar-refractivity contribution in [2.45, 2.75) is 13.3 Å². The highest BCUT2D eigenvalue weighted by Gasteiger charge is 2.25. The van der Waals surface area contributed by atoms with E-state index in [0.29, 0.717) is 0 Å². The number of pyridine rings is 1. The van der Waals surface area contributed by atoms with Gasteiger partial charge in [-0.1, -0.05) is 17.7 Å². The Bertz CT molecular complexity index is 836. The summed E-state index contributed by atoms with van der Waals surface area (Å²) in [5, 5.41) is 0.788. The number of benzene rings is 1. The first kappa shape index (κ1) is 11.5. The minimum Gasteiger partial charge on any atom is -0.299 e. The number of rotatable bonds is 0. The summed E-state index contributed by atoms with van der Waals surface area (Å²) in [7, 11) is 0.